The smallest absolute Gasteiger partial charge is 0.411 e. The first kappa shape index (κ1) is 36.7. The van der Waals surface area contributed by atoms with Crippen molar-refractivity contribution in [1.82, 2.24) is 30.0 Å². The van der Waals surface area contributed by atoms with E-state index in [-0.39, 0.29) is 18.1 Å². The Hall–Kier alpha value is -3.61. The first-order valence-corrected chi connectivity index (χ1v) is 17.7. The number of nitrogens with zero attached hydrogens (tertiary/aromatic N) is 7. The third kappa shape index (κ3) is 9.55. The normalized spacial score (nSPS) is 18.4. The minimum atomic E-state index is -0.692. The number of likely N-dealkylation sites (tertiary alicyclic amines) is 1. The molecule has 2 aliphatic rings. The highest BCUT2D eigenvalue weighted by atomic mass is 35.5. The maximum Gasteiger partial charge on any atom is 0.411 e. The average Bonchev–Trinajstić information content (AvgIpc) is 3.74. The number of halogens is 2. The molecule has 1 saturated heterocycles. The molecule has 2 fully saturated rings. The quantitative estimate of drug-likeness (QED) is 0.230. The number of anilines is 2. The number of amides is 1. The van der Waals surface area contributed by atoms with Crippen LogP contribution in [0.4, 0.5) is 16.4 Å². The predicted octanol–water partition coefficient (Wildman–Crippen LogP) is 6.19. The monoisotopic (exact) mass is 714 g/mol. The van der Waals surface area contributed by atoms with Crippen molar-refractivity contribution >= 4 is 46.9 Å². The van der Waals surface area contributed by atoms with Gasteiger partial charge in [-0.25, -0.2) is 19.6 Å². The van der Waals surface area contributed by atoms with Crippen LogP contribution in [0.2, 0.25) is 10.0 Å². The number of nitrogens with one attached hydrogen (secondary N) is 1. The number of esters is 1. The number of piperidine rings is 1. The van der Waals surface area contributed by atoms with Gasteiger partial charge >= 0.3 is 12.1 Å². The highest BCUT2D eigenvalue weighted by molar-refractivity contribution is 6.36. The van der Waals surface area contributed by atoms with Crippen molar-refractivity contribution in [2.24, 2.45) is 0 Å². The largest absolute Gasteiger partial charge is 0.461 e. The van der Waals surface area contributed by atoms with Gasteiger partial charge in [-0.1, -0.05) is 29.3 Å². The van der Waals surface area contributed by atoms with Crippen LogP contribution in [0.15, 0.2) is 36.8 Å². The van der Waals surface area contributed by atoms with Gasteiger partial charge < -0.3 is 24.6 Å². The van der Waals surface area contributed by atoms with Gasteiger partial charge in [0.15, 0.2) is 11.6 Å². The van der Waals surface area contributed by atoms with E-state index < -0.39 is 17.7 Å². The fourth-order valence-electron chi connectivity index (χ4n) is 6.24. The van der Waals surface area contributed by atoms with Gasteiger partial charge in [-0.2, -0.15) is 5.10 Å². The zero-order chi connectivity index (χ0) is 35.3. The topological polar surface area (TPSA) is 118 Å². The molecule has 1 aliphatic heterocycles. The molecule has 0 bridgehead atoms. The molecule has 3 heterocycles. The van der Waals surface area contributed by atoms with Crippen LogP contribution >= 0.6 is 23.2 Å². The molecule has 5 rings (SSSR count). The van der Waals surface area contributed by atoms with Gasteiger partial charge in [0.05, 0.1) is 24.6 Å². The SMILES string of the molecule is CN(C)c1ncc(-c2cnn(CCNC3CCN(C(=O)OC(C)(C)C)[C@@H](C(=O)OC4CCCC4)C3)c2)nc1N(C)Cc1c(Cl)cccc1Cl. The summed E-state index contributed by atoms with van der Waals surface area (Å²) in [7, 11) is 5.79. The van der Waals surface area contributed by atoms with E-state index in [0.29, 0.717) is 66.4 Å². The molecule has 1 unspecified atom stereocenters. The molecule has 1 N–H and O–H groups in total. The molecule has 2 atom stereocenters. The van der Waals surface area contributed by atoms with Gasteiger partial charge in [0, 0.05) is 74.2 Å². The number of hydrogen-bond acceptors (Lipinski definition) is 10. The summed E-state index contributed by atoms with van der Waals surface area (Å²) in [5, 5.41) is 9.34. The number of rotatable bonds is 11. The Kier molecular flexibility index (Phi) is 11.9. The van der Waals surface area contributed by atoms with Crippen LogP contribution in [0.25, 0.3) is 11.3 Å². The molecule has 1 saturated carbocycles. The van der Waals surface area contributed by atoms with Crippen LogP contribution in [0, 0.1) is 0 Å². The average molecular weight is 716 g/mol. The summed E-state index contributed by atoms with van der Waals surface area (Å²) >= 11 is 12.9. The lowest BCUT2D eigenvalue weighted by Gasteiger charge is -2.39. The Morgan fingerprint density at radius 3 is 2.43 bits per heavy atom. The van der Waals surface area contributed by atoms with Crippen molar-refractivity contribution in [2.45, 2.75) is 96.2 Å². The summed E-state index contributed by atoms with van der Waals surface area (Å²) < 4.78 is 13.3. The molecular formula is C35H48Cl2N8O4. The molecule has 12 nitrogen and oxygen atoms in total. The lowest BCUT2D eigenvalue weighted by atomic mass is 9.97. The van der Waals surface area contributed by atoms with Crippen molar-refractivity contribution in [3.8, 4) is 11.3 Å². The van der Waals surface area contributed by atoms with E-state index >= 15 is 0 Å². The highest BCUT2D eigenvalue weighted by Crippen LogP contribution is 2.31. The summed E-state index contributed by atoms with van der Waals surface area (Å²) in [5.74, 6) is 1.06. The van der Waals surface area contributed by atoms with Gasteiger partial charge in [0.2, 0.25) is 0 Å². The van der Waals surface area contributed by atoms with Crippen LogP contribution in [0.1, 0.15) is 64.9 Å². The fourth-order valence-corrected chi connectivity index (χ4v) is 6.76. The van der Waals surface area contributed by atoms with Crippen LogP contribution in [-0.4, -0.2) is 94.7 Å². The highest BCUT2D eigenvalue weighted by Gasteiger charge is 2.40. The van der Waals surface area contributed by atoms with Crippen LogP contribution in [-0.2, 0) is 27.4 Å². The zero-order valence-electron chi connectivity index (χ0n) is 29.3. The second-order valence-corrected chi connectivity index (χ2v) is 14.9. The molecule has 1 aliphatic carbocycles. The number of ether oxygens (including phenoxy) is 2. The summed E-state index contributed by atoms with van der Waals surface area (Å²) in [6, 6.07) is 4.82. The summed E-state index contributed by atoms with van der Waals surface area (Å²) in [6.07, 6.45) is 9.94. The molecule has 3 aromatic rings. The van der Waals surface area contributed by atoms with Gasteiger partial charge in [0.25, 0.3) is 0 Å². The molecular weight excluding hydrogens is 667 g/mol. The van der Waals surface area contributed by atoms with Gasteiger partial charge in [-0.05, 0) is 71.4 Å². The van der Waals surface area contributed by atoms with Gasteiger partial charge in [-0.3, -0.25) is 9.58 Å². The standard InChI is InChI=1S/C35H48Cl2N8O4/c1-35(2,3)49-34(47)45-16-14-24(18-30(45)33(46)48-25-10-7-8-11-25)38-15-17-44-21-23(19-40-44)29-20-39-31(42(4)5)32(41-29)43(6)22-26-27(36)12-9-13-28(26)37/h9,12-13,19-21,24-25,30,38H,7-8,10-11,14-18,22H2,1-6H3/t24?,30-/m1/s1. The zero-order valence-corrected chi connectivity index (χ0v) is 30.8. The summed E-state index contributed by atoms with van der Waals surface area (Å²) in [5.41, 5.74) is 1.69. The second kappa shape index (κ2) is 15.9. The number of carbonyl (C=O) groups excluding carboxylic acids is 2. The molecule has 0 radical (unpaired) electrons. The molecule has 0 spiro atoms. The van der Waals surface area contributed by atoms with Gasteiger partial charge in [-0.15, -0.1) is 0 Å². The third-order valence-electron chi connectivity index (χ3n) is 8.77. The Labute approximate surface area is 299 Å². The van der Waals surface area contributed by atoms with E-state index in [1.807, 2.05) is 80.8 Å². The van der Waals surface area contributed by atoms with E-state index in [9.17, 15) is 9.59 Å². The minimum Gasteiger partial charge on any atom is -0.461 e. The van der Waals surface area contributed by atoms with Crippen LogP contribution < -0.4 is 15.1 Å². The second-order valence-electron chi connectivity index (χ2n) is 14.1. The Balaban J connectivity index is 1.22. The minimum absolute atomic E-state index is 0.0315. The number of hydrogen-bond donors (Lipinski definition) is 1. The maximum atomic E-state index is 13.3. The van der Waals surface area contributed by atoms with Crippen molar-refractivity contribution in [2.75, 3.05) is 44.0 Å². The molecule has 14 heteroatoms. The number of aromatic nitrogens is 4. The summed E-state index contributed by atoms with van der Waals surface area (Å²) in [6.45, 7) is 7.57. The predicted molar refractivity (Wildman–Crippen MR) is 192 cm³/mol. The molecule has 266 valence electrons. The van der Waals surface area contributed by atoms with E-state index in [4.69, 9.17) is 42.6 Å². The van der Waals surface area contributed by atoms with Crippen LogP contribution in [0.3, 0.4) is 0 Å². The van der Waals surface area contributed by atoms with E-state index in [1.54, 1.807) is 12.4 Å². The number of benzene rings is 1. The van der Waals surface area contributed by atoms with Gasteiger partial charge in [0.1, 0.15) is 17.7 Å². The third-order valence-corrected chi connectivity index (χ3v) is 9.48. The lowest BCUT2D eigenvalue weighted by Crippen LogP contribution is -2.56. The Morgan fingerprint density at radius 2 is 1.76 bits per heavy atom. The maximum absolute atomic E-state index is 13.3. The molecule has 1 amide bonds. The van der Waals surface area contributed by atoms with Crippen molar-refractivity contribution in [1.29, 1.82) is 0 Å². The van der Waals surface area contributed by atoms with E-state index in [0.717, 1.165) is 36.8 Å². The van der Waals surface area contributed by atoms with Crippen molar-refractivity contribution in [3.05, 3.63) is 52.4 Å². The molecule has 49 heavy (non-hydrogen) atoms. The summed E-state index contributed by atoms with van der Waals surface area (Å²) in [4.78, 5) is 41.5. The van der Waals surface area contributed by atoms with Crippen molar-refractivity contribution < 1.29 is 19.1 Å². The fraction of sp³-hybridized carbons (Fsp3) is 0.571. The van der Waals surface area contributed by atoms with E-state index in [2.05, 4.69) is 10.4 Å². The first-order valence-electron chi connectivity index (χ1n) is 16.9. The molecule has 2 aromatic heterocycles. The Morgan fingerprint density at radius 1 is 1.04 bits per heavy atom. The molecule has 1 aromatic carbocycles. The van der Waals surface area contributed by atoms with Crippen molar-refractivity contribution in [3.63, 3.8) is 0 Å². The van der Waals surface area contributed by atoms with E-state index in [1.165, 1.54) is 4.90 Å². The first-order chi connectivity index (χ1) is 23.3. The number of carbonyl (C=O) groups is 2. The lowest BCUT2D eigenvalue weighted by molar-refractivity contribution is -0.156. The van der Waals surface area contributed by atoms with Crippen LogP contribution in [0.5, 0.6) is 0 Å². The Bertz CT molecular complexity index is 1580.